The Morgan fingerprint density at radius 1 is 1.39 bits per heavy atom. The van der Waals surface area contributed by atoms with Crippen molar-refractivity contribution in [2.45, 2.75) is 31.7 Å². The molecule has 0 atom stereocenters. The molecule has 0 spiro atoms. The van der Waals surface area contributed by atoms with E-state index in [4.69, 9.17) is 4.74 Å². The van der Waals surface area contributed by atoms with Gasteiger partial charge in [0, 0.05) is 0 Å². The Hall–Kier alpha value is -1.55. The van der Waals surface area contributed by atoms with Crippen LogP contribution in [0.25, 0.3) is 0 Å². The molecular formula is C14H19NO3. The van der Waals surface area contributed by atoms with Crippen LogP contribution in [-0.2, 0) is 4.79 Å². The molecule has 1 aliphatic carbocycles. The highest BCUT2D eigenvalue weighted by molar-refractivity contribution is 5.78. The minimum absolute atomic E-state index is 0.00325. The van der Waals surface area contributed by atoms with Crippen molar-refractivity contribution in [1.29, 1.82) is 0 Å². The second-order valence-corrected chi connectivity index (χ2v) is 4.94. The second kappa shape index (κ2) is 5.40. The van der Waals surface area contributed by atoms with Gasteiger partial charge in [0.15, 0.2) is 6.61 Å². The molecule has 0 heterocycles. The van der Waals surface area contributed by atoms with E-state index >= 15 is 0 Å². The van der Waals surface area contributed by atoms with Crippen LogP contribution in [0.5, 0.6) is 5.75 Å². The molecule has 1 fully saturated rings. The van der Waals surface area contributed by atoms with Crippen LogP contribution in [0, 0.1) is 6.92 Å². The lowest BCUT2D eigenvalue weighted by Crippen LogP contribution is -2.57. The van der Waals surface area contributed by atoms with E-state index in [0.29, 0.717) is 5.75 Å². The summed E-state index contributed by atoms with van der Waals surface area (Å²) in [6, 6.07) is 7.56. The molecule has 2 N–H and O–H groups in total. The third kappa shape index (κ3) is 3.01. The number of carbonyl (C=O) groups excluding carboxylic acids is 1. The number of aliphatic hydroxyl groups excluding tert-OH is 1. The number of hydrogen-bond acceptors (Lipinski definition) is 3. The summed E-state index contributed by atoms with van der Waals surface area (Å²) in [6.45, 7) is 1.99. The van der Waals surface area contributed by atoms with Gasteiger partial charge in [-0.3, -0.25) is 4.79 Å². The molecular weight excluding hydrogens is 230 g/mol. The number of carbonyl (C=O) groups is 1. The highest BCUT2D eigenvalue weighted by atomic mass is 16.5. The highest BCUT2D eigenvalue weighted by Crippen LogP contribution is 2.30. The van der Waals surface area contributed by atoms with Gasteiger partial charge in [0.25, 0.3) is 5.91 Å². The van der Waals surface area contributed by atoms with E-state index in [-0.39, 0.29) is 19.1 Å². The average Bonchev–Trinajstić information content (AvgIpc) is 2.33. The Morgan fingerprint density at radius 3 is 2.56 bits per heavy atom. The van der Waals surface area contributed by atoms with Crippen molar-refractivity contribution in [3.8, 4) is 5.75 Å². The van der Waals surface area contributed by atoms with Crippen LogP contribution in [-0.4, -0.2) is 29.8 Å². The number of rotatable bonds is 5. The largest absolute Gasteiger partial charge is 0.484 e. The predicted molar refractivity (Wildman–Crippen MR) is 68.5 cm³/mol. The van der Waals surface area contributed by atoms with Crippen LogP contribution in [0.2, 0.25) is 0 Å². The van der Waals surface area contributed by atoms with E-state index in [2.05, 4.69) is 5.32 Å². The van der Waals surface area contributed by atoms with Crippen LogP contribution in [0.3, 0.4) is 0 Å². The number of nitrogens with one attached hydrogen (secondary N) is 1. The summed E-state index contributed by atoms with van der Waals surface area (Å²) in [5, 5.41) is 12.1. The zero-order valence-electron chi connectivity index (χ0n) is 10.6. The number of ether oxygens (including phenoxy) is 1. The minimum Gasteiger partial charge on any atom is -0.484 e. The van der Waals surface area contributed by atoms with Crippen LogP contribution in [0.15, 0.2) is 24.3 Å². The van der Waals surface area contributed by atoms with Crippen LogP contribution in [0.1, 0.15) is 24.8 Å². The standard InChI is InChI=1S/C14H19NO3/c1-11-3-5-12(6-4-11)18-9-13(17)15-14(10-16)7-2-8-14/h3-6,16H,2,7-10H2,1H3,(H,15,17). The lowest BCUT2D eigenvalue weighted by molar-refractivity contribution is -0.127. The molecule has 1 amide bonds. The molecule has 0 aromatic heterocycles. The van der Waals surface area contributed by atoms with Crippen molar-refractivity contribution in [2.24, 2.45) is 0 Å². The van der Waals surface area contributed by atoms with Crippen molar-refractivity contribution in [3.63, 3.8) is 0 Å². The molecule has 1 aromatic rings. The van der Waals surface area contributed by atoms with E-state index in [1.807, 2.05) is 31.2 Å². The van der Waals surface area contributed by atoms with Crippen molar-refractivity contribution in [2.75, 3.05) is 13.2 Å². The monoisotopic (exact) mass is 249 g/mol. The molecule has 4 nitrogen and oxygen atoms in total. The van der Waals surface area contributed by atoms with Gasteiger partial charge in [0.1, 0.15) is 5.75 Å². The molecule has 1 aliphatic rings. The van der Waals surface area contributed by atoms with Crippen LogP contribution < -0.4 is 10.1 Å². The first kappa shape index (κ1) is 12.9. The fourth-order valence-corrected chi connectivity index (χ4v) is 2.04. The maximum Gasteiger partial charge on any atom is 0.258 e. The van der Waals surface area contributed by atoms with Gasteiger partial charge in [-0.25, -0.2) is 0 Å². The maximum atomic E-state index is 11.7. The Labute approximate surface area is 107 Å². The molecule has 2 rings (SSSR count). The van der Waals surface area contributed by atoms with Crippen molar-refractivity contribution < 1.29 is 14.6 Å². The normalized spacial score (nSPS) is 16.8. The van der Waals surface area contributed by atoms with E-state index in [1.165, 1.54) is 0 Å². The minimum atomic E-state index is -0.395. The molecule has 1 saturated carbocycles. The van der Waals surface area contributed by atoms with Crippen LogP contribution >= 0.6 is 0 Å². The molecule has 1 aromatic carbocycles. The summed E-state index contributed by atoms with van der Waals surface area (Å²) < 4.78 is 5.39. The highest BCUT2D eigenvalue weighted by Gasteiger charge is 2.37. The smallest absolute Gasteiger partial charge is 0.258 e. The third-order valence-corrected chi connectivity index (χ3v) is 3.41. The summed E-state index contributed by atoms with van der Waals surface area (Å²) in [7, 11) is 0. The van der Waals surface area contributed by atoms with Crippen molar-refractivity contribution >= 4 is 5.91 Å². The summed E-state index contributed by atoms with van der Waals surface area (Å²) in [6.07, 6.45) is 2.75. The zero-order chi connectivity index (χ0) is 13.0. The second-order valence-electron chi connectivity index (χ2n) is 4.94. The average molecular weight is 249 g/mol. The van der Waals surface area contributed by atoms with Gasteiger partial charge in [0.05, 0.1) is 12.1 Å². The van der Waals surface area contributed by atoms with E-state index in [0.717, 1.165) is 24.8 Å². The first-order valence-electron chi connectivity index (χ1n) is 6.25. The number of aliphatic hydroxyl groups is 1. The first-order chi connectivity index (χ1) is 8.63. The molecule has 0 aliphatic heterocycles. The Bertz CT molecular complexity index is 404. The number of aryl methyl sites for hydroxylation is 1. The van der Waals surface area contributed by atoms with Gasteiger partial charge >= 0.3 is 0 Å². The molecule has 0 radical (unpaired) electrons. The van der Waals surface area contributed by atoms with Gasteiger partial charge < -0.3 is 15.2 Å². The molecule has 0 bridgehead atoms. The topological polar surface area (TPSA) is 58.6 Å². The van der Waals surface area contributed by atoms with Crippen molar-refractivity contribution in [3.05, 3.63) is 29.8 Å². The van der Waals surface area contributed by atoms with E-state index in [1.54, 1.807) is 0 Å². The van der Waals surface area contributed by atoms with E-state index < -0.39 is 5.54 Å². The third-order valence-electron chi connectivity index (χ3n) is 3.41. The zero-order valence-corrected chi connectivity index (χ0v) is 10.6. The molecule has 4 heteroatoms. The summed E-state index contributed by atoms with van der Waals surface area (Å²) in [5.74, 6) is 0.506. The number of hydrogen-bond donors (Lipinski definition) is 2. The van der Waals surface area contributed by atoms with Gasteiger partial charge in [0.2, 0.25) is 0 Å². The lowest BCUT2D eigenvalue weighted by atomic mass is 9.77. The fraction of sp³-hybridized carbons (Fsp3) is 0.500. The Morgan fingerprint density at radius 2 is 2.06 bits per heavy atom. The Balaban J connectivity index is 1.79. The number of amides is 1. The van der Waals surface area contributed by atoms with Crippen LogP contribution in [0.4, 0.5) is 0 Å². The quantitative estimate of drug-likeness (QED) is 0.829. The molecule has 98 valence electrons. The lowest BCUT2D eigenvalue weighted by Gasteiger charge is -2.40. The summed E-state index contributed by atoms with van der Waals surface area (Å²) in [4.78, 5) is 11.7. The Kier molecular flexibility index (Phi) is 3.87. The van der Waals surface area contributed by atoms with Crippen molar-refractivity contribution in [1.82, 2.24) is 5.32 Å². The van der Waals surface area contributed by atoms with Gasteiger partial charge in [-0.05, 0) is 38.3 Å². The fourth-order valence-electron chi connectivity index (χ4n) is 2.04. The first-order valence-corrected chi connectivity index (χ1v) is 6.25. The van der Waals surface area contributed by atoms with Gasteiger partial charge in [-0.15, -0.1) is 0 Å². The van der Waals surface area contributed by atoms with Gasteiger partial charge in [-0.2, -0.15) is 0 Å². The molecule has 0 saturated heterocycles. The SMILES string of the molecule is Cc1ccc(OCC(=O)NC2(CO)CCC2)cc1. The van der Waals surface area contributed by atoms with E-state index in [9.17, 15) is 9.90 Å². The maximum absolute atomic E-state index is 11.7. The summed E-state index contributed by atoms with van der Waals surface area (Å²) in [5.41, 5.74) is 0.758. The summed E-state index contributed by atoms with van der Waals surface area (Å²) >= 11 is 0. The molecule has 0 unspecified atom stereocenters. The predicted octanol–water partition coefficient (Wildman–Crippen LogP) is 1.41. The molecule has 18 heavy (non-hydrogen) atoms. The number of benzene rings is 1. The van der Waals surface area contributed by atoms with Gasteiger partial charge in [-0.1, -0.05) is 17.7 Å².